The van der Waals surface area contributed by atoms with Gasteiger partial charge in [0.15, 0.2) is 11.5 Å². The maximum Gasteiger partial charge on any atom is 0.231 e. The van der Waals surface area contributed by atoms with E-state index in [-0.39, 0.29) is 6.79 Å². The molecule has 1 fully saturated rings. The molecular formula is C27H30N4O3. The summed E-state index contributed by atoms with van der Waals surface area (Å²) in [6.07, 6.45) is 6.34. The summed E-state index contributed by atoms with van der Waals surface area (Å²) in [6.45, 7) is 5.30. The van der Waals surface area contributed by atoms with Crippen LogP contribution in [0.3, 0.4) is 0 Å². The first kappa shape index (κ1) is 22.3. The highest BCUT2D eigenvalue weighted by Crippen LogP contribution is 2.33. The SMILES string of the molecule is N#Cc1cccc(-c2cc(N(CCCN3CCCCCC3)Cc3ccc4c(c3)OCO4)on2)c1. The molecule has 0 atom stereocenters. The number of hydrogen-bond acceptors (Lipinski definition) is 7. The molecule has 5 rings (SSSR count). The van der Waals surface area contributed by atoms with Gasteiger partial charge in [0.25, 0.3) is 0 Å². The number of nitrogens with zero attached hydrogens (tertiary/aromatic N) is 4. The van der Waals surface area contributed by atoms with Crippen LogP contribution in [0, 0.1) is 11.3 Å². The first-order chi connectivity index (χ1) is 16.8. The lowest BCUT2D eigenvalue weighted by Gasteiger charge is -2.24. The quantitative estimate of drug-likeness (QED) is 0.458. The van der Waals surface area contributed by atoms with Gasteiger partial charge in [-0.3, -0.25) is 0 Å². The largest absolute Gasteiger partial charge is 0.454 e. The third kappa shape index (κ3) is 5.35. The molecule has 3 aromatic rings. The van der Waals surface area contributed by atoms with E-state index in [4.69, 9.17) is 14.0 Å². The molecule has 1 aromatic heterocycles. The van der Waals surface area contributed by atoms with Gasteiger partial charge in [0, 0.05) is 24.7 Å². The lowest BCUT2D eigenvalue weighted by molar-refractivity contribution is 0.174. The van der Waals surface area contributed by atoms with E-state index < -0.39 is 0 Å². The monoisotopic (exact) mass is 458 g/mol. The first-order valence-electron chi connectivity index (χ1n) is 12.1. The van der Waals surface area contributed by atoms with Crippen LogP contribution in [0.2, 0.25) is 0 Å². The van der Waals surface area contributed by atoms with Crippen molar-refractivity contribution in [1.29, 1.82) is 5.26 Å². The highest BCUT2D eigenvalue weighted by molar-refractivity contribution is 5.64. The Balaban J connectivity index is 1.32. The molecule has 2 aromatic carbocycles. The van der Waals surface area contributed by atoms with E-state index in [1.807, 2.05) is 36.4 Å². The fourth-order valence-corrected chi connectivity index (χ4v) is 4.67. The molecule has 0 unspecified atom stereocenters. The van der Waals surface area contributed by atoms with Gasteiger partial charge in [-0.2, -0.15) is 5.26 Å². The molecule has 0 N–H and O–H groups in total. The van der Waals surface area contributed by atoms with Gasteiger partial charge >= 0.3 is 0 Å². The number of aromatic nitrogens is 1. The van der Waals surface area contributed by atoms with Crippen molar-refractivity contribution in [2.45, 2.75) is 38.6 Å². The highest BCUT2D eigenvalue weighted by atomic mass is 16.7. The van der Waals surface area contributed by atoms with Gasteiger partial charge in [0.2, 0.25) is 12.7 Å². The Morgan fingerprint density at radius 2 is 1.82 bits per heavy atom. The average Bonchev–Trinajstić information content (AvgIpc) is 3.48. The van der Waals surface area contributed by atoms with E-state index in [2.05, 4.69) is 27.1 Å². The zero-order valence-electron chi connectivity index (χ0n) is 19.4. The van der Waals surface area contributed by atoms with Crippen molar-refractivity contribution in [3.63, 3.8) is 0 Å². The molecule has 1 saturated heterocycles. The molecule has 3 heterocycles. The van der Waals surface area contributed by atoms with Crippen LogP contribution < -0.4 is 14.4 Å². The summed E-state index contributed by atoms with van der Waals surface area (Å²) < 4.78 is 16.8. The van der Waals surface area contributed by atoms with Crippen LogP contribution >= 0.6 is 0 Å². The summed E-state index contributed by atoms with van der Waals surface area (Å²) in [5.41, 5.74) is 3.34. The third-order valence-electron chi connectivity index (χ3n) is 6.51. The van der Waals surface area contributed by atoms with Crippen molar-refractivity contribution in [1.82, 2.24) is 10.1 Å². The zero-order valence-corrected chi connectivity index (χ0v) is 19.4. The van der Waals surface area contributed by atoms with Gasteiger partial charge in [-0.05, 0) is 68.7 Å². The number of fused-ring (bicyclic) bond motifs is 1. The number of benzene rings is 2. The predicted octanol–water partition coefficient (Wildman–Crippen LogP) is 5.21. The Kier molecular flexibility index (Phi) is 6.97. The van der Waals surface area contributed by atoms with E-state index in [9.17, 15) is 5.26 Å². The molecule has 0 amide bonds. The normalized spacial score (nSPS) is 15.6. The Hall–Kier alpha value is -3.50. The molecule has 2 aliphatic rings. The highest BCUT2D eigenvalue weighted by Gasteiger charge is 2.19. The predicted molar refractivity (Wildman–Crippen MR) is 130 cm³/mol. The van der Waals surface area contributed by atoms with Crippen LogP contribution in [-0.4, -0.2) is 43.0 Å². The van der Waals surface area contributed by atoms with Crippen molar-refractivity contribution in [2.24, 2.45) is 0 Å². The van der Waals surface area contributed by atoms with Crippen LogP contribution in [0.1, 0.15) is 43.2 Å². The molecule has 0 bridgehead atoms. The molecule has 7 nitrogen and oxygen atoms in total. The van der Waals surface area contributed by atoms with Crippen molar-refractivity contribution in [3.05, 3.63) is 59.7 Å². The number of nitriles is 1. The Morgan fingerprint density at radius 3 is 2.68 bits per heavy atom. The maximum atomic E-state index is 9.23. The summed E-state index contributed by atoms with van der Waals surface area (Å²) in [5.74, 6) is 2.30. The molecule has 0 saturated carbocycles. The second kappa shape index (κ2) is 10.6. The van der Waals surface area contributed by atoms with Gasteiger partial charge in [-0.1, -0.05) is 36.2 Å². The number of rotatable bonds is 8. The van der Waals surface area contributed by atoms with Crippen molar-refractivity contribution in [3.8, 4) is 28.8 Å². The van der Waals surface area contributed by atoms with Crippen LogP contribution in [0.15, 0.2) is 53.1 Å². The summed E-state index contributed by atoms with van der Waals surface area (Å²) in [4.78, 5) is 4.82. The van der Waals surface area contributed by atoms with E-state index in [1.54, 1.807) is 6.07 Å². The first-order valence-corrected chi connectivity index (χ1v) is 12.1. The zero-order chi connectivity index (χ0) is 23.2. The lowest BCUT2D eigenvalue weighted by Crippen LogP contribution is -2.30. The second-order valence-corrected chi connectivity index (χ2v) is 8.96. The fourth-order valence-electron chi connectivity index (χ4n) is 4.67. The van der Waals surface area contributed by atoms with E-state index >= 15 is 0 Å². The topological polar surface area (TPSA) is 74.8 Å². The van der Waals surface area contributed by atoms with Gasteiger partial charge in [0.1, 0.15) is 5.69 Å². The second-order valence-electron chi connectivity index (χ2n) is 8.96. The Bertz CT molecular complexity index is 1140. The van der Waals surface area contributed by atoms with Gasteiger partial charge in [0.05, 0.1) is 11.6 Å². The van der Waals surface area contributed by atoms with E-state index in [0.717, 1.165) is 53.7 Å². The third-order valence-corrected chi connectivity index (χ3v) is 6.51. The molecular weight excluding hydrogens is 428 g/mol. The number of anilines is 1. The van der Waals surface area contributed by atoms with E-state index in [0.29, 0.717) is 12.1 Å². The van der Waals surface area contributed by atoms with Gasteiger partial charge in [-0.15, -0.1) is 0 Å². The fraction of sp³-hybridized carbons (Fsp3) is 0.407. The number of hydrogen-bond donors (Lipinski definition) is 0. The van der Waals surface area contributed by atoms with Crippen molar-refractivity contribution < 1.29 is 14.0 Å². The van der Waals surface area contributed by atoms with Crippen LogP contribution in [-0.2, 0) is 6.54 Å². The molecule has 7 heteroatoms. The van der Waals surface area contributed by atoms with Gasteiger partial charge in [-0.25, -0.2) is 0 Å². The molecule has 34 heavy (non-hydrogen) atoms. The van der Waals surface area contributed by atoms with Crippen molar-refractivity contribution >= 4 is 5.88 Å². The summed E-state index contributed by atoms with van der Waals surface area (Å²) in [7, 11) is 0. The van der Waals surface area contributed by atoms with Gasteiger partial charge < -0.3 is 23.8 Å². The Labute approximate surface area is 200 Å². The minimum atomic E-state index is 0.269. The smallest absolute Gasteiger partial charge is 0.231 e. The van der Waals surface area contributed by atoms with E-state index in [1.165, 1.54) is 38.8 Å². The minimum Gasteiger partial charge on any atom is -0.454 e. The molecule has 0 spiro atoms. The Morgan fingerprint density at radius 1 is 0.971 bits per heavy atom. The number of ether oxygens (including phenoxy) is 2. The summed E-state index contributed by atoms with van der Waals surface area (Å²) in [5, 5.41) is 13.5. The van der Waals surface area contributed by atoms with Crippen LogP contribution in [0.4, 0.5) is 5.88 Å². The van der Waals surface area contributed by atoms with Crippen LogP contribution in [0.25, 0.3) is 11.3 Å². The minimum absolute atomic E-state index is 0.269. The number of likely N-dealkylation sites (tertiary alicyclic amines) is 1. The standard InChI is InChI=1S/C27H30N4O3/c28-18-21-7-5-8-23(15-21)24-17-27(34-29-24)31(14-6-13-30-11-3-1-2-4-12-30)19-22-9-10-25-26(16-22)33-20-32-25/h5,7-10,15-17H,1-4,6,11-14,19-20H2. The summed E-state index contributed by atoms with van der Waals surface area (Å²) >= 11 is 0. The molecule has 0 aliphatic carbocycles. The van der Waals surface area contributed by atoms with Crippen molar-refractivity contribution in [2.75, 3.05) is 37.9 Å². The maximum absolute atomic E-state index is 9.23. The molecule has 176 valence electrons. The average molecular weight is 459 g/mol. The van der Waals surface area contributed by atoms with Crippen LogP contribution in [0.5, 0.6) is 11.5 Å². The lowest BCUT2D eigenvalue weighted by atomic mass is 10.1. The summed E-state index contributed by atoms with van der Waals surface area (Å²) in [6, 6.07) is 17.7. The molecule has 0 radical (unpaired) electrons. The molecule has 2 aliphatic heterocycles.